The number of anilines is 1. The zero-order valence-corrected chi connectivity index (χ0v) is 12.5. The fraction of sp³-hybridized carbons (Fsp3) is 0.316. The third kappa shape index (κ3) is 3.88. The molecule has 1 aliphatic carbocycles. The first-order valence-electron chi connectivity index (χ1n) is 7.82. The quantitative estimate of drug-likeness (QED) is 0.814. The van der Waals surface area contributed by atoms with Crippen molar-refractivity contribution in [3.8, 4) is 0 Å². The van der Waals surface area contributed by atoms with Gasteiger partial charge in [0, 0.05) is 18.7 Å². The maximum absolute atomic E-state index is 10.6. The first-order chi connectivity index (χ1) is 10.7. The molecule has 0 radical (unpaired) electrons. The fourth-order valence-electron chi connectivity index (χ4n) is 2.92. The number of carboxylic acid groups (broad SMARTS) is 1. The molecule has 1 saturated carbocycles. The summed E-state index contributed by atoms with van der Waals surface area (Å²) in [7, 11) is 0. The molecule has 1 aliphatic rings. The molecule has 3 rings (SSSR count). The zero-order valence-electron chi connectivity index (χ0n) is 12.5. The number of hydrogen-bond donors (Lipinski definition) is 2. The van der Waals surface area contributed by atoms with Gasteiger partial charge in [0.25, 0.3) is 0 Å². The number of aliphatic carboxylic acids is 1. The van der Waals surface area contributed by atoms with Crippen LogP contribution in [0.2, 0.25) is 0 Å². The maximum Gasteiger partial charge on any atom is 0.303 e. The molecular weight excluding hydrogens is 274 g/mol. The van der Waals surface area contributed by atoms with E-state index in [1.807, 2.05) is 18.2 Å². The lowest BCUT2D eigenvalue weighted by molar-refractivity contribution is -0.136. The third-order valence-electron chi connectivity index (χ3n) is 4.27. The third-order valence-corrected chi connectivity index (χ3v) is 4.27. The average molecular weight is 295 g/mol. The number of hydrogen-bond acceptors (Lipinski definition) is 2. The van der Waals surface area contributed by atoms with Crippen molar-refractivity contribution in [3.63, 3.8) is 0 Å². The zero-order chi connectivity index (χ0) is 15.4. The van der Waals surface area contributed by atoms with Crippen LogP contribution in [0.4, 0.5) is 5.69 Å². The van der Waals surface area contributed by atoms with Gasteiger partial charge in [0.05, 0.1) is 0 Å². The summed E-state index contributed by atoms with van der Waals surface area (Å²) in [6.45, 7) is 0.974. The minimum absolute atomic E-state index is 0.183. The summed E-state index contributed by atoms with van der Waals surface area (Å²) in [5.74, 6) is 0.635. The van der Waals surface area contributed by atoms with Crippen LogP contribution in [0.3, 0.4) is 0 Å². The van der Waals surface area contributed by atoms with Gasteiger partial charge in [-0.05, 0) is 47.9 Å². The fourth-order valence-corrected chi connectivity index (χ4v) is 2.92. The molecule has 2 unspecified atom stereocenters. The highest BCUT2D eigenvalue weighted by atomic mass is 16.4. The molecule has 0 heterocycles. The lowest BCUT2D eigenvalue weighted by Gasteiger charge is -2.08. The van der Waals surface area contributed by atoms with E-state index in [-0.39, 0.29) is 6.42 Å². The Hall–Kier alpha value is -2.29. The summed E-state index contributed by atoms with van der Waals surface area (Å²) >= 11 is 0. The summed E-state index contributed by atoms with van der Waals surface area (Å²) in [6.07, 6.45) is 2.01. The van der Waals surface area contributed by atoms with Gasteiger partial charge in [-0.3, -0.25) is 4.79 Å². The standard InChI is InChI=1S/C19H21NO2/c21-19(22)10-9-14-5-4-8-17(11-14)20-13-16-12-18(16)15-6-2-1-3-7-15/h1-8,11,16,18,20H,9-10,12-13H2,(H,21,22). The molecular formula is C19H21NO2. The average Bonchev–Trinajstić information content (AvgIpc) is 3.32. The van der Waals surface area contributed by atoms with E-state index < -0.39 is 5.97 Å². The van der Waals surface area contributed by atoms with Gasteiger partial charge in [-0.15, -0.1) is 0 Å². The van der Waals surface area contributed by atoms with Crippen LogP contribution >= 0.6 is 0 Å². The SMILES string of the molecule is O=C(O)CCc1cccc(NCC2CC2c2ccccc2)c1. The summed E-state index contributed by atoms with van der Waals surface area (Å²) in [6, 6.07) is 18.7. The van der Waals surface area contributed by atoms with Crippen molar-refractivity contribution in [1.29, 1.82) is 0 Å². The van der Waals surface area contributed by atoms with Crippen molar-refractivity contribution in [2.24, 2.45) is 5.92 Å². The molecule has 0 bridgehead atoms. The number of carboxylic acids is 1. The van der Waals surface area contributed by atoms with Crippen LogP contribution in [0.5, 0.6) is 0 Å². The highest BCUT2D eigenvalue weighted by molar-refractivity contribution is 5.67. The predicted octanol–water partition coefficient (Wildman–Crippen LogP) is 3.92. The van der Waals surface area contributed by atoms with Gasteiger partial charge in [0.1, 0.15) is 0 Å². The summed E-state index contributed by atoms with van der Waals surface area (Å²) in [5.41, 5.74) is 3.59. The highest BCUT2D eigenvalue weighted by Gasteiger charge is 2.37. The number of rotatable bonds is 7. The molecule has 0 aliphatic heterocycles. The van der Waals surface area contributed by atoms with Gasteiger partial charge in [0.2, 0.25) is 0 Å². The topological polar surface area (TPSA) is 49.3 Å². The van der Waals surface area contributed by atoms with Crippen molar-refractivity contribution in [1.82, 2.24) is 0 Å². The minimum Gasteiger partial charge on any atom is -0.481 e. The van der Waals surface area contributed by atoms with E-state index in [0.717, 1.165) is 17.8 Å². The second kappa shape index (κ2) is 6.65. The molecule has 2 aromatic rings. The summed E-state index contributed by atoms with van der Waals surface area (Å²) in [4.78, 5) is 10.6. The molecule has 0 saturated heterocycles. The van der Waals surface area contributed by atoms with Crippen LogP contribution in [0.15, 0.2) is 54.6 Å². The first-order valence-corrected chi connectivity index (χ1v) is 7.82. The van der Waals surface area contributed by atoms with Gasteiger partial charge in [0.15, 0.2) is 0 Å². The molecule has 114 valence electrons. The second-order valence-corrected chi connectivity index (χ2v) is 5.99. The molecule has 2 atom stereocenters. The van der Waals surface area contributed by atoms with Crippen molar-refractivity contribution in [2.75, 3.05) is 11.9 Å². The molecule has 3 nitrogen and oxygen atoms in total. The maximum atomic E-state index is 10.6. The lowest BCUT2D eigenvalue weighted by Crippen LogP contribution is -2.05. The van der Waals surface area contributed by atoms with E-state index in [2.05, 4.69) is 41.7 Å². The number of aryl methyl sites for hydroxylation is 1. The summed E-state index contributed by atoms with van der Waals surface area (Å²) < 4.78 is 0. The van der Waals surface area contributed by atoms with Gasteiger partial charge in [-0.25, -0.2) is 0 Å². The monoisotopic (exact) mass is 295 g/mol. The van der Waals surface area contributed by atoms with Crippen LogP contribution in [-0.4, -0.2) is 17.6 Å². The molecule has 2 N–H and O–H groups in total. The van der Waals surface area contributed by atoms with Crippen LogP contribution in [0, 0.1) is 5.92 Å². The van der Waals surface area contributed by atoms with Gasteiger partial charge in [-0.1, -0.05) is 42.5 Å². The largest absolute Gasteiger partial charge is 0.481 e. The Balaban J connectivity index is 1.50. The van der Waals surface area contributed by atoms with Crippen LogP contribution in [-0.2, 0) is 11.2 Å². The molecule has 2 aromatic carbocycles. The van der Waals surface area contributed by atoms with Crippen molar-refractivity contribution >= 4 is 11.7 Å². The minimum atomic E-state index is -0.748. The molecule has 3 heteroatoms. The second-order valence-electron chi connectivity index (χ2n) is 5.99. The molecule has 22 heavy (non-hydrogen) atoms. The molecule has 0 aromatic heterocycles. The van der Waals surface area contributed by atoms with Gasteiger partial charge < -0.3 is 10.4 Å². The Bertz CT molecular complexity index is 639. The normalized spacial score (nSPS) is 19.6. The van der Waals surface area contributed by atoms with E-state index in [1.54, 1.807) is 0 Å². The van der Waals surface area contributed by atoms with Gasteiger partial charge in [-0.2, -0.15) is 0 Å². The number of nitrogens with one attached hydrogen (secondary N) is 1. The smallest absolute Gasteiger partial charge is 0.303 e. The van der Waals surface area contributed by atoms with Crippen LogP contribution in [0.1, 0.15) is 29.9 Å². The van der Waals surface area contributed by atoms with Crippen LogP contribution < -0.4 is 5.32 Å². The first kappa shape index (κ1) is 14.6. The lowest BCUT2D eigenvalue weighted by atomic mass is 10.1. The molecule has 0 spiro atoms. The van der Waals surface area contributed by atoms with E-state index in [0.29, 0.717) is 18.3 Å². The Kier molecular flexibility index (Phi) is 4.42. The Morgan fingerprint density at radius 3 is 2.73 bits per heavy atom. The predicted molar refractivity (Wildman–Crippen MR) is 88.2 cm³/mol. The van der Waals surface area contributed by atoms with E-state index in [4.69, 9.17) is 5.11 Å². The van der Waals surface area contributed by atoms with E-state index in [1.165, 1.54) is 12.0 Å². The van der Waals surface area contributed by atoms with Crippen molar-refractivity contribution < 1.29 is 9.90 Å². The van der Waals surface area contributed by atoms with Crippen LogP contribution in [0.25, 0.3) is 0 Å². The van der Waals surface area contributed by atoms with Crippen molar-refractivity contribution in [3.05, 3.63) is 65.7 Å². The molecule has 0 amide bonds. The molecule has 1 fully saturated rings. The highest BCUT2D eigenvalue weighted by Crippen LogP contribution is 2.47. The Morgan fingerprint density at radius 2 is 1.95 bits per heavy atom. The van der Waals surface area contributed by atoms with E-state index in [9.17, 15) is 4.79 Å². The number of benzene rings is 2. The summed E-state index contributed by atoms with van der Waals surface area (Å²) in [5, 5.41) is 12.2. The van der Waals surface area contributed by atoms with E-state index >= 15 is 0 Å². The Morgan fingerprint density at radius 1 is 1.14 bits per heavy atom. The van der Waals surface area contributed by atoms with Crippen molar-refractivity contribution in [2.45, 2.75) is 25.2 Å². The Labute approximate surface area is 131 Å². The number of carbonyl (C=O) groups is 1. The van der Waals surface area contributed by atoms with Gasteiger partial charge >= 0.3 is 5.97 Å².